The minimum Gasteiger partial charge on any atom is -0.478 e. The zero-order chi connectivity index (χ0) is 31.1. The van der Waals surface area contributed by atoms with Crippen LogP contribution in [0.3, 0.4) is 0 Å². The Morgan fingerprint density at radius 3 is 2.57 bits per heavy atom. The van der Waals surface area contributed by atoms with E-state index < -0.39 is 46.5 Å². The van der Waals surface area contributed by atoms with Gasteiger partial charge in [0.25, 0.3) is 11.8 Å². The van der Waals surface area contributed by atoms with Crippen LogP contribution >= 0.6 is 34.9 Å². The summed E-state index contributed by atoms with van der Waals surface area (Å²) in [5, 5.41) is 26.9. The standard InChI is InChI=1S/C23H27N9O7S3/c1-8-14(24)29-22(31(4)15(8)25)42-6-9-5-40-18-12(17(34)32(18)13(9)19(35)36)28-16(33)11(10-7-41-21(26)27-10)30-39-23(2,3)20(37)38/h7,12,18H,5-6H2,1-4H3,(H8,24,25,26,27,28,33,35,36,37,38)/p+1/b30-11-/t12?,18-/m1/s1. The Hall–Kier alpha value is -4.10. The molecule has 2 aromatic rings. The average Bonchev–Trinajstić information content (AvgIpc) is 3.36. The van der Waals surface area contributed by atoms with Crippen molar-refractivity contribution in [3.8, 4) is 0 Å². The van der Waals surface area contributed by atoms with E-state index in [1.807, 2.05) is 0 Å². The first-order valence-corrected chi connectivity index (χ1v) is 15.0. The van der Waals surface area contributed by atoms with Crippen LogP contribution in [0.5, 0.6) is 0 Å². The lowest BCUT2D eigenvalue weighted by atomic mass is 10.0. The number of carboxylic acids is 2. The molecule has 0 bridgehead atoms. The van der Waals surface area contributed by atoms with Crippen molar-refractivity contribution < 1.29 is 38.8 Å². The number of rotatable bonds is 10. The molecule has 0 spiro atoms. The van der Waals surface area contributed by atoms with Crippen LogP contribution in [0.4, 0.5) is 16.8 Å². The number of hydrogen-bond acceptors (Lipinski definition) is 14. The number of carboxylic acid groups (broad SMARTS) is 2. The Morgan fingerprint density at radius 2 is 1.98 bits per heavy atom. The van der Waals surface area contributed by atoms with E-state index in [4.69, 9.17) is 22.0 Å². The zero-order valence-electron chi connectivity index (χ0n) is 22.8. The first-order valence-electron chi connectivity index (χ1n) is 12.1. The molecule has 2 aliphatic rings. The van der Waals surface area contributed by atoms with Gasteiger partial charge in [0.1, 0.15) is 22.8 Å². The van der Waals surface area contributed by atoms with E-state index in [1.165, 1.54) is 42.8 Å². The van der Waals surface area contributed by atoms with Crippen LogP contribution in [0.1, 0.15) is 25.1 Å². The Kier molecular flexibility index (Phi) is 8.55. The van der Waals surface area contributed by atoms with Crippen LogP contribution in [0.15, 0.2) is 27.0 Å². The van der Waals surface area contributed by atoms with Crippen molar-refractivity contribution in [2.75, 3.05) is 28.7 Å². The van der Waals surface area contributed by atoms with Gasteiger partial charge in [-0.2, -0.15) is 0 Å². The Balaban J connectivity index is 1.54. The molecule has 4 rings (SSSR count). The second-order valence-electron chi connectivity index (χ2n) is 9.67. The monoisotopic (exact) mass is 638 g/mol. The molecule has 4 heterocycles. The maximum absolute atomic E-state index is 13.2. The summed E-state index contributed by atoms with van der Waals surface area (Å²) in [5.41, 5.74) is 16.5. The fourth-order valence-electron chi connectivity index (χ4n) is 3.83. The smallest absolute Gasteiger partial charge is 0.352 e. The molecule has 1 fully saturated rings. The van der Waals surface area contributed by atoms with Crippen molar-refractivity contribution in [1.29, 1.82) is 0 Å². The number of anilines is 3. The highest BCUT2D eigenvalue weighted by Gasteiger charge is 2.54. The summed E-state index contributed by atoms with van der Waals surface area (Å²) in [4.78, 5) is 64.7. The number of nitrogens with one attached hydrogen (secondary N) is 1. The number of nitrogens with two attached hydrogens (primary N) is 3. The Morgan fingerprint density at radius 1 is 1.29 bits per heavy atom. The highest BCUT2D eigenvalue weighted by Crippen LogP contribution is 2.41. The maximum atomic E-state index is 13.2. The van der Waals surface area contributed by atoms with E-state index in [9.17, 15) is 29.4 Å². The van der Waals surface area contributed by atoms with Crippen LogP contribution < -0.4 is 27.1 Å². The largest absolute Gasteiger partial charge is 0.478 e. The van der Waals surface area contributed by atoms with Crippen LogP contribution in [-0.4, -0.2) is 83.1 Å². The Bertz CT molecular complexity index is 1560. The molecule has 224 valence electrons. The van der Waals surface area contributed by atoms with E-state index in [-0.39, 0.29) is 33.8 Å². The number of aromatic nitrogens is 3. The number of thioether (sulfide) groups is 2. The van der Waals surface area contributed by atoms with Gasteiger partial charge in [0.15, 0.2) is 10.8 Å². The summed E-state index contributed by atoms with van der Waals surface area (Å²) in [6.45, 7) is 4.22. The number of thiazole rings is 1. The lowest BCUT2D eigenvalue weighted by molar-refractivity contribution is -0.699. The number of nitrogen functional groups attached to an aromatic ring is 3. The molecule has 0 radical (unpaired) electrons. The summed E-state index contributed by atoms with van der Waals surface area (Å²) < 4.78 is 1.65. The minimum absolute atomic E-state index is 0.0145. The second-order valence-corrected chi connectivity index (χ2v) is 12.6. The molecule has 2 amide bonds. The van der Waals surface area contributed by atoms with Gasteiger partial charge in [-0.1, -0.05) is 10.1 Å². The third kappa shape index (κ3) is 5.79. The zero-order valence-corrected chi connectivity index (χ0v) is 25.2. The molecular formula is C23H28N9O7S3+. The molecular weight excluding hydrogens is 611 g/mol. The van der Waals surface area contributed by atoms with Crippen LogP contribution in [0.25, 0.3) is 0 Å². The molecule has 2 atom stereocenters. The van der Waals surface area contributed by atoms with Crippen molar-refractivity contribution in [3.63, 3.8) is 0 Å². The van der Waals surface area contributed by atoms with E-state index >= 15 is 0 Å². The van der Waals surface area contributed by atoms with Gasteiger partial charge in [-0.3, -0.25) is 14.5 Å². The SMILES string of the molecule is Cc1c(N)nc(SCC2=C(C(=O)O)N3C(=O)C(NC(=O)/C(=N\OC(C)(C)C(=O)O)c4csc(N)n4)[C@H]3SC2)[n+](C)c1N. The van der Waals surface area contributed by atoms with Crippen molar-refractivity contribution in [1.82, 2.24) is 20.2 Å². The number of nitrogens with zero attached hydrogens (tertiary/aromatic N) is 5. The van der Waals surface area contributed by atoms with Crippen molar-refractivity contribution in [2.24, 2.45) is 12.2 Å². The third-order valence-corrected chi connectivity index (χ3v) is 9.53. The molecule has 0 aliphatic carbocycles. The van der Waals surface area contributed by atoms with Crippen LogP contribution in [0, 0.1) is 6.92 Å². The second kappa shape index (κ2) is 11.6. The van der Waals surface area contributed by atoms with Gasteiger partial charge in [-0.25, -0.2) is 19.1 Å². The first kappa shape index (κ1) is 30.8. The van der Waals surface area contributed by atoms with E-state index in [0.717, 1.165) is 16.2 Å². The predicted molar refractivity (Wildman–Crippen MR) is 155 cm³/mol. The highest BCUT2D eigenvalue weighted by molar-refractivity contribution is 8.01. The number of aliphatic carboxylic acids is 2. The number of β-lactam (4-membered cyclic amide) rings is 1. The topological polar surface area (TPSA) is 253 Å². The van der Waals surface area contributed by atoms with Crippen LogP contribution in [-0.2, 0) is 31.1 Å². The fraction of sp³-hybridized carbons (Fsp3) is 0.391. The van der Waals surface area contributed by atoms with Gasteiger partial charge in [-0.05, 0) is 38.1 Å². The third-order valence-electron chi connectivity index (χ3n) is 6.40. The lowest BCUT2D eigenvalue weighted by Crippen LogP contribution is -2.71. The van der Waals surface area contributed by atoms with Crippen molar-refractivity contribution in [3.05, 3.63) is 27.9 Å². The molecule has 16 nitrogen and oxygen atoms in total. The van der Waals surface area contributed by atoms with E-state index in [0.29, 0.717) is 22.1 Å². The van der Waals surface area contributed by atoms with Crippen molar-refractivity contribution in [2.45, 2.75) is 42.9 Å². The lowest BCUT2D eigenvalue weighted by Gasteiger charge is -2.49. The van der Waals surface area contributed by atoms with Gasteiger partial charge in [-0.15, -0.1) is 23.1 Å². The number of fused-ring (bicyclic) bond motifs is 1. The van der Waals surface area contributed by atoms with Gasteiger partial charge in [0, 0.05) is 16.9 Å². The normalized spacial score (nSPS) is 18.8. The first-order chi connectivity index (χ1) is 19.6. The van der Waals surface area contributed by atoms with Crippen LogP contribution in [0.2, 0.25) is 0 Å². The van der Waals surface area contributed by atoms with Gasteiger partial charge >= 0.3 is 17.1 Å². The highest BCUT2D eigenvalue weighted by atomic mass is 32.2. The van der Waals surface area contributed by atoms with E-state index in [2.05, 4.69) is 20.4 Å². The number of amides is 2. The van der Waals surface area contributed by atoms with Gasteiger partial charge in [0.2, 0.25) is 17.2 Å². The molecule has 19 heteroatoms. The summed E-state index contributed by atoms with van der Waals surface area (Å²) in [6.07, 6.45) is 0. The van der Waals surface area contributed by atoms with Gasteiger partial charge < -0.3 is 37.6 Å². The molecule has 1 saturated heterocycles. The molecule has 2 aliphatic heterocycles. The predicted octanol–water partition coefficient (Wildman–Crippen LogP) is -0.468. The molecule has 1 unspecified atom stereocenters. The number of carbonyl (C=O) groups excluding carboxylic acids is 2. The molecule has 9 N–H and O–H groups in total. The summed E-state index contributed by atoms with van der Waals surface area (Å²) in [6, 6.07) is -1.09. The minimum atomic E-state index is -1.77. The quantitative estimate of drug-likeness (QED) is 0.0481. The van der Waals surface area contributed by atoms with E-state index in [1.54, 1.807) is 18.5 Å². The summed E-state index contributed by atoms with van der Waals surface area (Å²) >= 11 is 3.52. The molecule has 42 heavy (non-hydrogen) atoms. The fourth-order valence-corrected chi connectivity index (χ4v) is 6.85. The number of oxime groups is 1. The molecule has 0 aromatic carbocycles. The molecule has 2 aromatic heterocycles. The van der Waals surface area contributed by atoms with Crippen molar-refractivity contribution >= 4 is 81.1 Å². The number of carbonyl (C=O) groups is 4. The Labute approximate surface area is 251 Å². The number of hydrogen-bond donors (Lipinski definition) is 6. The average molecular weight is 639 g/mol. The summed E-state index contributed by atoms with van der Waals surface area (Å²) in [7, 11) is 1.71. The maximum Gasteiger partial charge on any atom is 0.352 e. The summed E-state index contributed by atoms with van der Waals surface area (Å²) in [5.74, 6) is -3.00. The van der Waals surface area contributed by atoms with Gasteiger partial charge in [0.05, 0.1) is 12.6 Å². The molecule has 0 saturated carbocycles.